The molecule has 1 unspecified atom stereocenters. The third-order valence-electron chi connectivity index (χ3n) is 4.84. The molecule has 1 aliphatic heterocycles. The Morgan fingerprint density at radius 1 is 1.38 bits per heavy atom. The van der Waals surface area contributed by atoms with E-state index in [1.807, 2.05) is 6.07 Å². The molecule has 1 aliphatic carbocycles. The van der Waals surface area contributed by atoms with Crippen LogP contribution in [0.25, 0.3) is 0 Å². The highest BCUT2D eigenvalue weighted by Crippen LogP contribution is 2.26. The van der Waals surface area contributed by atoms with Gasteiger partial charge in [-0.15, -0.1) is 24.0 Å². The fraction of sp³-hybridized carbons (Fsp3) is 0.765. The molecule has 0 amide bonds. The average molecular weight is 447 g/mol. The van der Waals surface area contributed by atoms with Crippen LogP contribution in [-0.2, 0) is 6.54 Å². The minimum atomic E-state index is 0. The summed E-state index contributed by atoms with van der Waals surface area (Å²) in [7, 11) is 0. The Balaban J connectivity index is 0.00000208. The van der Waals surface area contributed by atoms with Gasteiger partial charge in [-0.05, 0) is 32.1 Å². The number of aromatic nitrogens is 1. The zero-order valence-electron chi connectivity index (χ0n) is 14.5. The van der Waals surface area contributed by atoms with Crippen LogP contribution in [0.4, 0.5) is 0 Å². The second-order valence-corrected chi connectivity index (χ2v) is 6.73. The molecule has 2 N–H and O–H groups in total. The van der Waals surface area contributed by atoms with E-state index in [0.29, 0.717) is 12.6 Å². The van der Waals surface area contributed by atoms with Crippen molar-refractivity contribution in [2.45, 2.75) is 51.6 Å². The van der Waals surface area contributed by atoms with Gasteiger partial charge in [0.25, 0.3) is 0 Å². The molecule has 1 saturated carbocycles. The lowest BCUT2D eigenvalue weighted by Crippen LogP contribution is -2.44. The SMILES string of the molecule is CCNC(=NCc1ccon1)NC1CCN(CC2CCCC2)C1.I. The van der Waals surface area contributed by atoms with E-state index in [-0.39, 0.29) is 24.0 Å². The first-order chi connectivity index (χ1) is 11.3. The fourth-order valence-electron chi connectivity index (χ4n) is 3.67. The van der Waals surface area contributed by atoms with Crippen molar-refractivity contribution in [3.8, 4) is 0 Å². The number of guanidine groups is 1. The van der Waals surface area contributed by atoms with Gasteiger partial charge in [0.05, 0.1) is 6.54 Å². The lowest BCUT2D eigenvalue weighted by molar-refractivity contribution is 0.275. The van der Waals surface area contributed by atoms with E-state index in [1.165, 1.54) is 45.2 Å². The number of halogens is 1. The van der Waals surface area contributed by atoms with E-state index in [1.54, 1.807) is 6.26 Å². The smallest absolute Gasteiger partial charge is 0.191 e. The molecular weight excluding hydrogens is 417 g/mol. The van der Waals surface area contributed by atoms with Gasteiger partial charge in [0.1, 0.15) is 12.0 Å². The van der Waals surface area contributed by atoms with Crippen molar-refractivity contribution < 1.29 is 4.52 Å². The van der Waals surface area contributed by atoms with E-state index >= 15 is 0 Å². The molecule has 6 nitrogen and oxygen atoms in total. The summed E-state index contributed by atoms with van der Waals surface area (Å²) in [5, 5.41) is 10.8. The number of hydrogen-bond acceptors (Lipinski definition) is 4. The van der Waals surface area contributed by atoms with Crippen molar-refractivity contribution in [1.29, 1.82) is 0 Å². The summed E-state index contributed by atoms with van der Waals surface area (Å²) in [6, 6.07) is 2.35. The average Bonchev–Trinajstić information content (AvgIpc) is 3.28. The normalized spacial score (nSPS) is 22.5. The predicted molar refractivity (Wildman–Crippen MR) is 107 cm³/mol. The summed E-state index contributed by atoms with van der Waals surface area (Å²) in [4.78, 5) is 7.22. The van der Waals surface area contributed by atoms with E-state index < -0.39 is 0 Å². The first kappa shape index (κ1) is 19.5. The van der Waals surface area contributed by atoms with Gasteiger partial charge < -0.3 is 20.1 Å². The maximum atomic E-state index is 4.85. The van der Waals surface area contributed by atoms with Crippen LogP contribution < -0.4 is 10.6 Å². The molecule has 0 radical (unpaired) electrons. The summed E-state index contributed by atoms with van der Waals surface area (Å²) < 4.78 is 4.85. The van der Waals surface area contributed by atoms with Crippen LogP contribution in [0, 0.1) is 5.92 Å². The van der Waals surface area contributed by atoms with Gasteiger partial charge in [-0.1, -0.05) is 18.0 Å². The van der Waals surface area contributed by atoms with Gasteiger partial charge in [-0.2, -0.15) is 0 Å². The second kappa shape index (κ2) is 10.2. The number of hydrogen-bond donors (Lipinski definition) is 2. The minimum Gasteiger partial charge on any atom is -0.364 e. The molecule has 7 heteroatoms. The molecular formula is C17H30IN5O. The van der Waals surface area contributed by atoms with Crippen LogP contribution in [-0.4, -0.2) is 48.2 Å². The zero-order chi connectivity index (χ0) is 15.9. The Kier molecular flexibility index (Phi) is 8.31. The Morgan fingerprint density at radius 3 is 2.92 bits per heavy atom. The van der Waals surface area contributed by atoms with Crippen LogP contribution in [0.2, 0.25) is 0 Å². The zero-order valence-corrected chi connectivity index (χ0v) is 16.9. The quantitative estimate of drug-likeness (QED) is 0.399. The van der Waals surface area contributed by atoms with E-state index in [2.05, 4.69) is 32.6 Å². The standard InChI is InChI=1S/C17H29N5O.HI/c1-2-18-17(19-11-15-8-10-23-21-15)20-16-7-9-22(13-16)12-14-5-3-4-6-14;/h8,10,14,16H,2-7,9,11-13H2,1H3,(H2,18,19,20);1H. The highest BCUT2D eigenvalue weighted by Gasteiger charge is 2.26. The van der Waals surface area contributed by atoms with Crippen LogP contribution >= 0.6 is 24.0 Å². The van der Waals surface area contributed by atoms with Crippen LogP contribution in [0.1, 0.15) is 44.7 Å². The Hall–Kier alpha value is -0.830. The van der Waals surface area contributed by atoms with Crippen molar-refractivity contribution >= 4 is 29.9 Å². The summed E-state index contributed by atoms with van der Waals surface area (Å²) >= 11 is 0. The van der Waals surface area contributed by atoms with Crippen molar-refractivity contribution in [2.24, 2.45) is 10.9 Å². The van der Waals surface area contributed by atoms with Crippen molar-refractivity contribution in [3.63, 3.8) is 0 Å². The van der Waals surface area contributed by atoms with Gasteiger partial charge in [-0.3, -0.25) is 0 Å². The number of aliphatic imine (C=N–C) groups is 1. The second-order valence-electron chi connectivity index (χ2n) is 6.73. The Labute approximate surface area is 161 Å². The molecule has 24 heavy (non-hydrogen) atoms. The maximum Gasteiger partial charge on any atom is 0.191 e. The Morgan fingerprint density at radius 2 is 2.21 bits per heavy atom. The van der Waals surface area contributed by atoms with Gasteiger partial charge in [0, 0.05) is 38.3 Å². The summed E-state index contributed by atoms with van der Waals surface area (Å²) in [5.41, 5.74) is 0.858. The molecule has 0 aromatic carbocycles. The third kappa shape index (κ3) is 5.91. The predicted octanol–water partition coefficient (Wildman–Crippen LogP) is 2.61. The highest BCUT2D eigenvalue weighted by molar-refractivity contribution is 14.0. The van der Waals surface area contributed by atoms with Crippen molar-refractivity contribution in [3.05, 3.63) is 18.0 Å². The molecule has 1 atom stereocenters. The molecule has 2 fully saturated rings. The highest BCUT2D eigenvalue weighted by atomic mass is 127. The van der Waals surface area contributed by atoms with Crippen molar-refractivity contribution in [2.75, 3.05) is 26.2 Å². The largest absolute Gasteiger partial charge is 0.364 e. The number of likely N-dealkylation sites (tertiary alicyclic amines) is 1. The van der Waals surface area contributed by atoms with Gasteiger partial charge in [0.2, 0.25) is 0 Å². The third-order valence-corrected chi connectivity index (χ3v) is 4.84. The van der Waals surface area contributed by atoms with E-state index in [9.17, 15) is 0 Å². The van der Waals surface area contributed by atoms with E-state index in [4.69, 9.17) is 4.52 Å². The molecule has 0 bridgehead atoms. The van der Waals surface area contributed by atoms with E-state index in [0.717, 1.165) is 30.7 Å². The maximum absolute atomic E-state index is 4.85. The van der Waals surface area contributed by atoms with Crippen molar-refractivity contribution in [1.82, 2.24) is 20.7 Å². The lowest BCUT2D eigenvalue weighted by atomic mass is 10.1. The monoisotopic (exact) mass is 447 g/mol. The summed E-state index contributed by atoms with van der Waals surface area (Å²) in [6.45, 7) is 7.12. The molecule has 1 aromatic heterocycles. The molecule has 1 aromatic rings. The lowest BCUT2D eigenvalue weighted by Gasteiger charge is -2.21. The Bertz CT molecular complexity index is 487. The molecule has 2 heterocycles. The van der Waals surface area contributed by atoms with Gasteiger partial charge in [0.15, 0.2) is 5.96 Å². The molecule has 136 valence electrons. The fourth-order valence-corrected chi connectivity index (χ4v) is 3.67. The van der Waals surface area contributed by atoms with Crippen LogP contribution in [0.3, 0.4) is 0 Å². The molecule has 0 spiro atoms. The van der Waals surface area contributed by atoms with Crippen LogP contribution in [0.15, 0.2) is 21.8 Å². The summed E-state index contributed by atoms with van der Waals surface area (Å²) in [5.74, 6) is 1.81. The van der Waals surface area contributed by atoms with Crippen LogP contribution in [0.5, 0.6) is 0 Å². The molecule has 3 rings (SSSR count). The van der Waals surface area contributed by atoms with Gasteiger partial charge in [-0.25, -0.2) is 4.99 Å². The first-order valence-electron chi connectivity index (χ1n) is 9.00. The van der Waals surface area contributed by atoms with Gasteiger partial charge >= 0.3 is 0 Å². The summed E-state index contributed by atoms with van der Waals surface area (Å²) in [6.07, 6.45) is 8.50. The number of nitrogens with zero attached hydrogens (tertiary/aromatic N) is 3. The molecule has 1 saturated heterocycles. The number of rotatable bonds is 6. The topological polar surface area (TPSA) is 65.7 Å². The molecule has 2 aliphatic rings. The number of nitrogens with one attached hydrogen (secondary N) is 2. The first-order valence-corrected chi connectivity index (χ1v) is 9.00. The minimum absolute atomic E-state index is 0.